The fraction of sp³-hybridized carbons (Fsp3) is 0.778. The van der Waals surface area contributed by atoms with Gasteiger partial charge in [-0.05, 0) is 58.1 Å². The second-order valence-corrected chi connectivity index (χ2v) is 9.29. The molecule has 1 fully saturated rings. The molecule has 3 heteroatoms. The van der Waals surface area contributed by atoms with E-state index in [1.807, 2.05) is 11.3 Å². The summed E-state index contributed by atoms with van der Waals surface area (Å²) in [5.41, 5.74) is 1.73. The number of hydrogen-bond acceptors (Lipinski definition) is 3. The number of thiophene rings is 1. The Balaban J connectivity index is 1.97. The van der Waals surface area contributed by atoms with Gasteiger partial charge < -0.3 is 5.32 Å². The van der Waals surface area contributed by atoms with E-state index in [2.05, 4.69) is 57.8 Å². The lowest BCUT2D eigenvalue weighted by Crippen LogP contribution is -2.34. The quantitative estimate of drug-likeness (QED) is 0.794. The highest BCUT2D eigenvalue weighted by Gasteiger charge is 2.29. The molecule has 0 saturated heterocycles. The van der Waals surface area contributed by atoms with Crippen LogP contribution in [0.25, 0.3) is 0 Å². The standard InChI is InChI=1S/C18H32N2S/c1-13(2)11-20(16-7-8-16)12-15-9-17(21-14(15)3)10-19-18(4,5)6/h9,13,16,19H,7-8,10-12H2,1-6H3. The second kappa shape index (κ2) is 6.80. The van der Waals surface area contributed by atoms with Gasteiger partial charge in [-0.1, -0.05) is 13.8 Å². The van der Waals surface area contributed by atoms with Crippen LogP contribution in [0.15, 0.2) is 6.07 Å². The summed E-state index contributed by atoms with van der Waals surface area (Å²) >= 11 is 1.96. The molecule has 0 atom stereocenters. The third-order valence-corrected chi connectivity index (χ3v) is 4.99. The molecule has 0 aromatic carbocycles. The lowest BCUT2D eigenvalue weighted by molar-refractivity contribution is 0.226. The highest BCUT2D eigenvalue weighted by molar-refractivity contribution is 7.12. The molecular weight excluding hydrogens is 276 g/mol. The van der Waals surface area contributed by atoms with Crippen molar-refractivity contribution < 1.29 is 0 Å². The van der Waals surface area contributed by atoms with Crippen molar-refractivity contribution in [2.75, 3.05) is 6.54 Å². The first kappa shape index (κ1) is 17.0. The van der Waals surface area contributed by atoms with Crippen LogP contribution in [0.2, 0.25) is 0 Å². The Morgan fingerprint density at radius 3 is 2.52 bits per heavy atom. The van der Waals surface area contributed by atoms with Gasteiger partial charge in [-0.3, -0.25) is 4.90 Å². The molecule has 2 nitrogen and oxygen atoms in total. The number of rotatable bonds is 7. The number of aryl methyl sites for hydroxylation is 1. The fourth-order valence-electron chi connectivity index (χ4n) is 2.65. The van der Waals surface area contributed by atoms with Crippen molar-refractivity contribution in [3.63, 3.8) is 0 Å². The van der Waals surface area contributed by atoms with Gasteiger partial charge in [0.2, 0.25) is 0 Å². The minimum atomic E-state index is 0.190. The Morgan fingerprint density at radius 1 is 1.33 bits per heavy atom. The predicted octanol–water partition coefficient (Wildman–Crippen LogP) is 4.57. The maximum absolute atomic E-state index is 3.60. The molecule has 1 aliphatic carbocycles. The summed E-state index contributed by atoms with van der Waals surface area (Å²) in [5, 5.41) is 3.60. The zero-order chi connectivity index (χ0) is 15.6. The SMILES string of the molecule is Cc1sc(CNC(C)(C)C)cc1CN(CC(C)C)C1CC1. The molecule has 0 unspecified atom stereocenters. The minimum absolute atomic E-state index is 0.190. The van der Waals surface area contributed by atoms with Crippen LogP contribution in [0.4, 0.5) is 0 Å². The zero-order valence-electron chi connectivity index (χ0n) is 14.6. The summed E-state index contributed by atoms with van der Waals surface area (Å²) in [6, 6.07) is 3.27. The molecule has 0 aliphatic heterocycles. The van der Waals surface area contributed by atoms with Gasteiger partial charge in [-0.2, -0.15) is 0 Å². The highest BCUT2D eigenvalue weighted by Crippen LogP contribution is 2.31. The van der Waals surface area contributed by atoms with Crippen LogP contribution in [0.5, 0.6) is 0 Å². The van der Waals surface area contributed by atoms with E-state index in [9.17, 15) is 0 Å². The summed E-state index contributed by atoms with van der Waals surface area (Å²) in [4.78, 5) is 5.66. The third-order valence-electron chi connectivity index (χ3n) is 3.90. The largest absolute Gasteiger partial charge is 0.307 e. The average molecular weight is 309 g/mol. The van der Waals surface area contributed by atoms with E-state index < -0.39 is 0 Å². The van der Waals surface area contributed by atoms with Crippen LogP contribution in [-0.4, -0.2) is 23.0 Å². The summed E-state index contributed by atoms with van der Waals surface area (Å²) in [5.74, 6) is 0.756. The van der Waals surface area contributed by atoms with Crippen LogP contribution >= 0.6 is 11.3 Å². The van der Waals surface area contributed by atoms with Crippen LogP contribution in [0.1, 0.15) is 62.8 Å². The molecule has 21 heavy (non-hydrogen) atoms. The summed E-state index contributed by atoms with van der Waals surface area (Å²) in [6.45, 7) is 17.0. The van der Waals surface area contributed by atoms with E-state index in [1.165, 1.54) is 29.1 Å². The Bertz CT molecular complexity index is 452. The minimum Gasteiger partial charge on any atom is -0.307 e. The van der Waals surface area contributed by atoms with Crippen LogP contribution in [0.3, 0.4) is 0 Å². The lowest BCUT2D eigenvalue weighted by atomic mass is 10.1. The molecule has 1 saturated carbocycles. The van der Waals surface area contributed by atoms with Gasteiger partial charge in [0, 0.05) is 41.0 Å². The van der Waals surface area contributed by atoms with Crippen LogP contribution < -0.4 is 5.32 Å². The third kappa shape index (κ3) is 5.72. The molecule has 1 aromatic rings. The molecule has 1 aliphatic rings. The number of nitrogens with one attached hydrogen (secondary N) is 1. The van der Waals surface area contributed by atoms with Crippen molar-refractivity contribution in [3.05, 3.63) is 21.4 Å². The lowest BCUT2D eigenvalue weighted by Gasteiger charge is -2.24. The number of hydrogen-bond donors (Lipinski definition) is 1. The smallest absolute Gasteiger partial charge is 0.0304 e. The monoisotopic (exact) mass is 308 g/mol. The molecule has 120 valence electrons. The van der Waals surface area contributed by atoms with Crippen molar-refractivity contribution >= 4 is 11.3 Å². The molecule has 0 amide bonds. The zero-order valence-corrected chi connectivity index (χ0v) is 15.4. The van der Waals surface area contributed by atoms with Gasteiger partial charge in [0.1, 0.15) is 0 Å². The second-order valence-electron chi connectivity index (χ2n) is 7.95. The van der Waals surface area contributed by atoms with E-state index >= 15 is 0 Å². The summed E-state index contributed by atoms with van der Waals surface area (Å²) < 4.78 is 0. The molecule has 1 heterocycles. The molecule has 1 aromatic heterocycles. The maximum Gasteiger partial charge on any atom is 0.0304 e. The topological polar surface area (TPSA) is 15.3 Å². The normalized spacial score (nSPS) is 16.2. The Kier molecular flexibility index (Phi) is 5.50. The average Bonchev–Trinajstić information content (AvgIpc) is 3.11. The van der Waals surface area contributed by atoms with Gasteiger partial charge in [-0.25, -0.2) is 0 Å². The first-order chi connectivity index (χ1) is 9.74. The van der Waals surface area contributed by atoms with Gasteiger partial charge in [-0.15, -0.1) is 11.3 Å². The van der Waals surface area contributed by atoms with Gasteiger partial charge >= 0.3 is 0 Å². The van der Waals surface area contributed by atoms with Gasteiger partial charge in [0.15, 0.2) is 0 Å². The maximum atomic E-state index is 3.60. The van der Waals surface area contributed by atoms with Crippen LogP contribution in [0, 0.1) is 12.8 Å². The van der Waals surface area contributed by atoms with Crippen molar-refractivity contribution in [3.8, 4) is 0 Å². The Morgan fingerprint density at radius 2 is 2.00 bits per heavy atom. The summed E-state index contributed by atoms with van der Waals surface area (Å²) in [7, 11) is 0. The van der Waals surface area contributed by atoms with E-state index in [-0.39, 0.29) is 5.54 Å². The molecule has 1 N–H and O–H groups in total. The van der Waals surface area contributed by atoms with Crippen molar-refractivity contribution in [2.24, 2.45) is 5.92 Å². The van der Waals surface area contributed by atoms with E-state index in [1.54, 1.807) is 5.56 Å². The van der Waals surface area contributed by atoms with Gasteiger partial charge in [0.05, 0.1) is 0 Å². The van der Waals surface area contributed by atoms with E-state index in [0.29, 0.717) is 0 Å². The number of nitrogens with zero attached hydrogens (tertiary/aromatic N) is 1. The molecule has 0 bridgehead atoms. The first-order valence-corrected chi connectivity index (χ1v) is 9.13. The predicted molar refractivity (Wildman–Crippen MR) is 93.9 cm³/mol. The Hall–Kier alpha value is -0.380. The van der Waals surface area contributed by atoms with Crippen molar-refractivity contribution in [1.82, 2.24) is 10.2 Å². The molecule has 0 spiro atoms. The van der Waals surface area contributed by atoms with E-state index in [0.717, 1.165) is 25.0 Å². The van der Waals surface area contributed by atoms with Crippen molar-refractivity contribution in [1.29, 1.82) is 0 Å². The molecular formula is C18H32N2S. The first-order valence-electron chi connectivity index (χ1n) is 8.32. The molecule has 0 radical (unpaired) electrons. The fourth-order valence-corrected chi connectivity index (χ4v) is 3.65. The van der Waals surface area contributed by atoms with E-state index in [4.69, 9.17) is 0 Å². The highest BCUT2D eigenvalue weighted by atomic mass is 32.1. The van der Waals surface area contributed by atoms with Gasteiger partial charge in [0.25, 0.3) is 0 Å². The van der Waals surface area contributed by atoms with Crippen molar-refractivity contribution in [2.45, 2.75) is 79.1 Å². The van der Waals surface area contributed by atoms with Crippen LogP contribution in [-0.2, 0) is 13.1 Å². The molecule has 2 rings (SSSR count). The Labute approximate surface area is 134 Å². The summed E-state index contributed by atoms with van der Waals surface area (Å²) in [6.07, 6.45) is 2.79.